The van der Waals surface area contributed by atoms with Crippen LogP contribution in [0, 0.1) is 5.41 Å². The Morgan fingerprint density at radius 2 is 1.86 bits per heavy atom. The summed E-state index contributed by atoms with van der Waals surface area (Å²) in [4.78, 5) is 5.64. The Morgan fingerprint density at radius 1 is 1.05 bits per heavy atom. The summed E-state index contributed by atoms with van der Waals surface area (Å²) in [5.74, 6) is 0. The Balaban J connectivity index is 1.90. The summed E-state index contributed by atoms with van der Waals surface area (Å²) in [6.45, 7) is 15.0. The van der Waals surface area contributed by atoms with E-state index in [4.69, 9.17) is 0 Å². The first-order valence-corrected chi connectivity index (χ1v) is 9.54. The van der Waals surface area contributed by atoms with Crippen LogP contribution in [0.25, 0.3) is 0 Å². The van der Waals surface area contributed by atoms with E-state index in [1.807, 2.05) is 0 Å². The van der Waals surface area contributed by atoms with Crippen molar-refractivity contribution in [3.8, 4) is 0 Å². The Labute approximate surface area is 133 Å². The molecule has 0 radical (unpaired) electrons. The molecule has 124 valence electrons. The van der Waals surface area contributed by atoms with Crippen molar-refractivity contribution in [2.24, 2.45) is 5.41 Å². The molecule has 0 N–H and O–H groups in total. The van der Waals surface area contributed by atoms with Crippen molar-refractivity contribution in [1.29, 1.82) is 0 Å². The molecule has 0 saturated carbocycles. The molecule has 0 aromatic rings. The lowest BCUT2D eigenvalue weighted by Crippen LogP contribution is -2.60. The average molecular weight is 295 g/mol. The van der Waals surface area contributed by atoms with Gasteiger partial charge in [0.05, 0.1) is 0 Å². The van der Waals surface area contributed by atoms with Gasteiger partial charge in [-0.2, -0.15) is 0 Å². The molecule has 0 aliphatic carbocycles. The Morgan fingerprint density at radius 3 is 2.57 bits per heavy atom. The molecular weight excluding hydrogens is 256 g/mol. The topological polar surface area (TPSA) is 6.48 Å². The van der Waals surface area contributed by atoms with Gasteiger partial charge in [0.2, 0.25) is 0 Å². The predicted octanol–water partition coefficient (Wildman–Crippen LogP) is 4.54. The molecule has 2 aliphatic heterocycles. The molecule has 2 fully saturated rings. The lowest BCUT2D eigenvalue weighted by Gasteiger charge is -2.50. The molecule has 2 saturated heterocycles. The van der Waals surface area contributed by atoms with Crippen molar-refractivity contribution >= 4 is 0 Å². The largest absolute Gasteiger partial charge is 0.298 e. The van der Waals surface area contributed by atoms with Crippen LogP contribution in [0.1, 0.15) is 79.1 Å². The van der Waals surface area contributed by atoms with Gasteiger partial charge in [-0.15, -0.1) is 0 Å². The van der Waals surface area contributed by atoms with Crippen molar-refractivity contribution in [3.63, 3.8) is 0 Å². The molecule has 2 heteroatoms. The maximum atomic E-state index is 2.85. The van der Waals surface area contributed by atoms with Gasteiger partial charge in [-0.05, 0) is 37.6 Å². The average Bonchev–Trinajstić information content (AvgIpc) is 2.46. The van der Waals surface area contributed by atoms with Crippen molar-refractivity contribution in [3.05, 3.63) is 0 Å². The van der Waals surface area contributed by atoms with Crippen LogP contribution in [0.2, 0.25) is 0 Å². The van der Waals surface area contributed by atoms with Crippen LogP contribution in [0.5, 0.6) is 0 Å². The molecule has 2 nitrogen and oxygen atoms in total. The zero-order valence-corrected chi connectivity index (χ0v) is 15.0. The van der Waals surface area contributed by atoms with Gasteiger partial charge >= 0.3 is 0 Å². The molecule has 21 heavy (non-hydrogen) atoms. The Hall–Kier alpha value is -0.0800. The minimum atomic E-state index is 0.486. The van der Waals surface area contributed by atoms with Gasteiger partial charge in [-0.25, -0.2) is 0 Å². The monoisotopic (exact) mass is 294 g/mol. The Bertz CT molecular complexity index is 300. The second kappa shape index (κ2) is 7.97. The van der Waals surface area contributed by atoms with E-state index in [0.717, 1.165) is 12.1 Å². The molecule has 0 spiro atoms. The molecular formula is C19H38N2. The molecule has 0 aromatic carbocycles. The second-order valence-electron chi connectivity index (χ2n) is 8.26. The van der Waals surface area contributed by atoms with Gasteiger partial charge in [-0.3, -0.25) is 9.80 Å². The summed E-state index contributed by atoms with van der Waals surface area (Å²) >= 11 is 0. The normalized spacial score (nSPS) is 28.6. The van der Waals surface area contributed by atoms with E-state index in [9.17, 15) is 0 Å². The van der Waals surface area contributed by atoms with Gasteiger partial charge in [-0.1, -0.05) is 53.4 Å². The highest BCUT2D eigenvalue weighted by Gasteiger charge is 2.36. The molecule has 2 unspecified atom stereocenters. The fraction of sp³-hybridized carbons (Fsp3) is 1.00. The highest BCUT2D eigenvalue weighted by atomic mass is 15.3. The summed E-state index contributed by atoms with van der Waals surface area (Å²) < 4.78 is 0. The van der Waals surface area contributed by atoms with Gasteiger partial charge in [0, 0.05) is 31.7 Å². The van der Waals surface area contributed by atoms with Gasteiger partial charge < -0.3 is 0 Å². The van der Waals surface area contributed by atoms with Crippen LogP contribution < -0.4 is 0 Å². The van der Waals surface area contributed by atoms with E-state index in [1.165, 1.54) is 77.5 Å². The minimum absolute atomic E-state index is 0.486. The van der Waals surface area contributed by atoms with E-state index >= 15 is 0 Å². The summed E-state index contributed by atoms with van der Waals surface area (Å²) in [5.41, 5.74) is 0.486. The lowest BCUT2D eigenvalue weighted by atomic mass is 9.84. The molecule has 0 amide bonds. The van der Waals surface area contributed by atoms with E-state index in [1.54, 1.807) is 0 Å². The van der Waals surface area contributed by atoms with Crippen LogP contribution in [-0.4, -0.2) is 48.1 Å². The summed E-state index contributed by atoms with van der Waals surface area (Å²) in [6.07, 6.45) is 11.2. The zero-order chi connectivity index (χ0) is 15.3. The second-order valence-corrected chi connectivity index (χ2v) is 8.26. The fourth-order valence-electron chi connectivity index (χ4n) is 4.38. The van der Waals surface area contributed by atoms with Crippen LogP contribution in [0.3, 0.4) is 0 Å². The van der Waals surface area contributed by atoms with Crippen molar-refractivity contribution in [2.45, 2.75) is 91.1 Å². The zero-order valence-electron chi connectivity index (χ0n) is 15.0. The molecule has 2 atom stereocenters. The van der Waals surface area contributed by atoms with Gasteiger partial charge in [0.25, 0.3) is 0 Å². The first kappa shape index (κ1) is 17.3. The molecule has 0 bridgehead atoms. The van der Waals surface area contributed by atoms with E-state index in [0.29, 0.717) is 5.41 Å². The molecule has 2 heterocycles. The third-order valence-electron chi connectivity index (χ3n) is 5.72. The summed E-state index contributed by atoms with van der Waals surface area (Å²) in [6, 6.07) is 1.65. The van der Waals surface area contributed by atoms with E-state index in [2.05, 4.69) is 37.5 Å². The van der Waals surface area contributed by atoms with Crippen LogP contribution in [-0.2, 0) is 0 Å². The highest BCUT2D eigenvalue weighted by Crippen LogP contribution is 2.30. The number of unbranched alkanes of at least 4 members (excludes halogenated alkanes) is 2. The third-order valence-corrected chi connectivity index (χ3v) is 5.72. The number of nitrogens with zero attached hydrogens (tertiary/aromatic N) is 2. The molecule has 2 rings (SSSR count). The fourth-order valence-corrected chi connectivity index (χ4v) is 4.38. The maximum Gasteiger partial charge on any atom is 0.0223 e. The van der Waals surface area contributed by atoms with Crippen LogP contribution in [0.4, 0.5) is 0 Å². The lowest BCUT2D eigenvalue weighted by molar-refractivity contribution is -0.0107. The quantitative estimate of drug-likeness (QED) is 0.636. The minimum Gasteiger partial charge on any atom is -0.298 e. The van der Waals surface area contributed by atoms with Crippen molar-refractivity contribution < 1.29 is 0 Å². The van der Waals surface area contributed by atoms with Crippen molar-refractivity contribution in [1.82, 2.24) is 9.80 Å². The number of hydrogen-bond acceptors (Lipinski definition) is 2. The number of piperazine rings is 1. The first-order chi connectivity index (χ1) is 10.1. The van der Waals surface area contributed by atoms with Gasteiger partial charge in [0.1, 0.15) is 0 Å². The van der Waals surface area contributed by atoms with Crippen molar-refractivity contribution in [2.75, 3.05) is 26.2 Å². The number of fused-ring (bicyclic) bond motifs is 1. The number of rotatable bonds is 7. The van der Waals surface area contributed by atoms with Gasteiger partial charge in [0.15, 0.2) is 0 Å². The summed E-state index contributed by atoms with van der Waals surface area (Å²) in [5, 5.41) is 0. The van der Waals surface area contributed by atoms with Crippen LogP contribution >= 0.6 is 0 Å². The highest BCUT2D eigenvalue weighted by molar-refractivity contribution is 4.92. The standard InChI is InChI=1S/C19H38N2/c1-5-7-9-12-19(3,4)16-21-15-18-11-8-10-13-20(18)14-17(21)6-2/h17-18H,5-16H2,1-4H3. The van der Waals surface area contributed by atoms with E-state index in [-0.39, 0.29) is 0 Å². The Kier molecular flexibility index (Phi) is 6.55. The number of piperidine rings is 1. The number of hydrogen-bond donors (Lipinski definition) is 0. The van der Waals surface area contributed by atoms with E-state index < -0.39 is 0 Å². The SMILES string of the molecule is CCCCCC(C)(C)CN1CC2CCCCN2CC1CC. The summed E-state index contributed by atoms with van der Waals surface area (Å²) in [7, 11) is 0. The smallest absolute Gasteiger partial charge is 0.0223 e. The van der Waals surface area contributed by atoms with Crippen LogP contribution in [0.15, 0.2) is 0 Å². The predicted molar refractivity (Wildman–Crippen MR) is 92.8 cm³/mol. The maximum absolute atomic E-state index is 2.85. The third kappa shape index (κ3) is 4.96. The molecule has 2 aliphatic rings. The first-order valence-electron chi connectivity index (χ1n) is 9.54. The molecule has 0 aromatic heterocycles.